The van der Waals surface area contributed by atoms with Crippen LogP contribution in [-0.4, -0.2) is 22.6 Å². The number of aryl methyl sites for hydroxylation is 2. The van der Waals surface area contributed by atoms with E-state index in [1.54, 1.807) is 12.4 Å². The lowest BCUT2D eigenvalue weighted by molar-refractivity contribution is 0.0600. The molecule has 5 heteroatoms. The molecule has 0 unspecified atom stereocenters. The number of imidazole rings is 1. The number of hydrogen-bond acceptors (Lipinski definition) is 4. The van der Waals surface area contributed by atoms with E-state index in [1.165, 1.54) is 7.11 Å². The summed E-state index contributed by atoms with van der Waals surface area (Å²) in [6, 6.07) is 5.46. The first kappa shape index (κ1) is 13.1. The summed E-state index contributed by atoms with van der Waals surface area (Å²) in [5.74, 6) is -0.318. The molecule has 0 aliphatic heterocycles. The Balaban J connectivity index is 2.09. The quantitative estimate of drug-likeness (QED) is 0.855. The predicted molar refractivity (Wildman–Crippen MR) is 73.1 cm³/mol. The van der Waals surface area contributed by atoms with Crippen LogP contribution in [0.4, 0.5) is 5.69 Å². The second kappa shape index (κ2) is 5.56. The fraction of sp³-hybridized carbons (Fsp3) is 0.286. The molecule has 1 aromatic heterocycles. The molecule has 0 saturated heterocycles. The third-order valence-corrected chi connectivity index (χ3v) is 3.02. The van der Waals surface area contributed by atoms with Crippen LogP contribution in [0.2, 0.25) is 0 Å². The zero-order valence-corrected chi connectivity index (χ0v) is 11.3. The first-order valence-electron chi connectivity index (χ1n) is 6.00. The van der Waals surface area contributed by atoms with Crippen molar-refractivity contribution >= 4 is 11.7 Å². The molecule has 2 rings (SSSR count). The Morgan fingerprint density at radius 2 is 2.26 bits per heavy atom. The minimum Gasteiger partial charge on any atom is -0.465 e. The number of carbonyl (C=O) groups is 1. The lowest BCUT2D eigenvalue weighted by Crippen LogP contribution is -2.06. The van der Waals surface area contributed by atoms with Gasteiger partial charge < -0.3 is 14.6 Å². The average molecular weight is 259 g/mol. The number of ether oxygens (including phenoxy) is 1. The smallest absolute Gasteiger partial charge is 0.337 e. The van der Waals surface area contributed by atoms with Gasteiger partial charge in [0.1, 0.15) is 0 Å². The molecule has 5 nitrogen and oxygen atoms in total. The second-order valence-corrected chi connectivity index (χ2v) is 4.37. The van der Waals surface area contributed by atoms with Crippen LogP contribution in [0.3, 0.4) is 0 Å². The number of nitrogens with zero attached hydrogens (tertiary/aromatic N) is 2. The molecule has 0 atom stereocenters. The molecule has 0 fully saturated rings. The lowest BCUT2D eigenvalue weighted by atomic mass is 10.1. The van der Waals surface area contributed by atoms with Crippen LogP contribution < -0.4 is 5.32 Å². The average Bonchev–Trinajstić information content (AvgIpc) is 2.82. The fourth-order valence-corrected chi connectivity index (χ4v) is 1.85. The molecule has 0 bridgehead atoms. The van der Waals surface area contributed by atoms with Crippen molar-refractivity contribution in [1.29, 1.82) is 0 Å². The van der Waals surface area contributed by atoms with Gasteiger partial charge in [0, 0.05) is 18.9 Å². The standard InChI is InChI=1S/C14H17N3O2/c1-10-6-11(14(18)19-3)4-5-13(10)16-8-12-7-15-9-17(12)2/h4-7,9,16H,8H2,1-3H3. The lowest BCUT2D eigenvalue weighted by Gasteiger charge is -2.11. The molecule has 0 aliphatic rings. The molecule has 0 saturated carbocycles. The van der Waals surface area contributed by atoms with Gasteiger partial charge in [-0.15, -0.1) is 0 Å². The summed E-state index contributed by atoms with van der Waals surface area (Å²) in [7, 11) is 3.34. The topological polar surface area (TPSA) is 56.1 Å². The Labute approximate surface area is 112 Å². The highest BCUT2D eigenvalue weighted by Crippen LogP contribution is 2.18. The molecule has 1 N–H and O–H groups in total. The molecule has 0 aliphatic carbocycles. The first-order valence-corrected chi connectivity index (χ1v) is 6.00. The van der Waals surface area contributed by atoms with Gasteiger partial charge in [-0.2, -0.15) is 0 Å². The number of aromatic nitrogens is 2. The van der Waals surface area contributed by atoms with Crippen LogP contribution in [-0.2, 0) is 18.3 Å². The first-order chi connectivity index (χ1) is 9.11. The van der Waals surface area contributed by atoms with Gasteiger partial charge in [-0.1, -0.05) is 0 Å². The highest BCUT2D eigenvalue weighted by molar-refractivity contribution is 5.90. The Kier molecular flexibility index (Phi) is 3.85. The normalized spacial score (nSPS) is 10.3. The minimum absolute atomic E-state index is 0.318. The monoisotopic (exact) mass is 259 g/mol. The minimum atomic E-state index is -0.318. The van der Waals surface area contributed by atoms with Crippen molar-refractivity contribution in [2.75, 3.05) is 12.4 Å². The van der Waals surface area contributed by atoms with E-state index in [0.29, 0.717) is 12.1 Å². The van der Waals surface area contributed by atoms with Gasteiger partial charge in [-0.25, -0.2) is 9.78 Å². The van der Waals surface area contributed by atoms with Crippen molar-refractivity contribution in [3.05, 3.63) is 47.5 Å². The SMILES string of the molecule is COC(=O)c1ccc(NCc2cncn2C)c(C)c1. The van der Waals surface area contributed by atoms with Gasteiger partial charge in [0.25, 0.3) is 0 Å². The molecule has 0 radical (unpaired) electrons. The summed E-state index contributed by atoms with van der Waals surface area (Å²) in [5.41, 5.74) is 3.65. The van der Waals surface area contributed by atoms with E-state index < -0.39 is 0 Å². The molecule has 19 heavy (non-hydrogen) atoms. The van der Waals surface area contributed by atoms with E-state index in [0.717, 1.165) is 16.9 Å². The van der Waals surface area contributed by atoms with Crippen molar-refractivity contribution in [2.45, 2.75) is 13.5 Å². The van der Waals surface area contributed by atoms with Gasteiger partial charge in [-0.05, 0) is 30.7 Å². The maximum atomic E-state index is 11.4. The van der Waals surface area contributed by atoms with Crippen molar-refractivity contribution in [3.8, 4) is 0 Å². The van der Waals surface area contributed by atoms with Crippen LogP contribution in [0.25, 0.3) is 0 Å². The van der Waals surface area contributed by atoms with E-state index in [9.17, 15) is 4.79 Å². The van der Waals surface area contributed by atoms with Crippen LogP contribution >= 0.6 is 0 Å². The molecule has 1 aromatic carbocycles. The largest absolute Gasteiger partial charge is 0.465 e. The van der Waals surface area contributed by atoms with Crippen LogP contribution in [0, 0.1) is 6.92 Å². The molecule has 2 aromatic rings. The van der Waals surface area contributed by atoms with Crippen LogP contribution in [0.5, 0.6) is 0 Å². The van der Waals surface area contributed by atoms with Gasteiger partial charge in [0.2, 0.25) is 0 Å². The van der Waals surface area contributed by atoms with Crippen LogP contribution in [0.1, 0.15) is 21.6 Å². The molecule has 100 valence electrons. The van der Waals surface area contributed by atoms with Crippen molar-refractivity contribution in [1.82, 2.24) is 9.55 Å². The van der Waals surface area contributed by atoms with Crippen molar-refractivity contribution in [3.63, 3.8) is 0 Å². The summed E-state index contributed by atoms with van der Waals surface area (Å²) in [4.78, 5) is 15.5. The highest BCUT2D eigenvalue weighted by Gasteiger charge is 2.07. The Bertz CT molecular complexity index is 590. The maximum absolute atomic E-state index is 11.4. The van der Waals surface area contributed by atoms with E-state index in [2.05, 4.69) is 10.3 Å². The third kappa shape index (κ3) is 2.93. The number of esters is 1. The Morgan fingerprint density at radius 3 is 2.84 bits per heavy atom. The summed E-state index contributed by atoms with van der Waals surface area (Å²) >= 11 is 0. The second-order valence-electron chi connectivity index (χ2n) is 4.37. The number of carbonyl (C=O) groups excluding carboxylic acids is 1. The summed E-state index contributed by atoms with van der Waals surface area (Å²) in [6.07, 6.45) is 3.59. The molecular formula is C14H17N3O2. The molecule has 0 spiro atoms. The summed E-state index contributed by atoms with van der Waals surface area (Å²) in [6.45, 7) is 2.65. The van der Waals surface area contributed by atoms with Crippen LogP contribution in [0.15, 0.2) is 30.7 Å². The van der Waals surface area contributed by atoms with Gasteiger partial charge in [0.15, 0.2) is 0 Å². The zero-order chi connectivity index (χ0) is 13.8. The van der Waals surface area contributed by atoms with E-state index in [-0.39, 0.29) is 5.97 Å². The Hall–Kier alpha value is -2.30. The fourth-order valence-electron chi connectivity index (χ4n) is 1.85. The van der Waals surface area contributed by atoms with E-state index in [4.69, 9.17) is 4.74 Å². The summed E-state index contributed by atoms with van der Waals surface area (Å²) in [5, 5.41) is 3.33. The Morgan fingerprint density at radius 1 is 1.47 bits per heavy atom. The number of benzene rings is 1. The summed E-state index contributed by atoms with van der Waals surface area (Å²) < 4.78 is 6.66. The molecule has 1 heterocycles. The number of methoxy groups -OCH3 is 1. The maximum Gasteiger partial charge on any atom is 0.337 e. The number of rotatable bonds is 4. The van der Waals surface area contributed by atoms with E-state index >= 15 is 0 Å². The zero-order valence-electron chi connectivity index (χ0n) is 11.3. The predicted octanol–water partition coefficient (Wildman–Crippen LogP) is 2.13. The van der Waals surface area contributed by atoms with Crippen molar-refractivity contribution in [2.24, 2.45) is 7.05 Å². The van der Waals surface area contributed by atoms with Crippen molar-refractivity contribution < 1.29 is 9.53 Å². The van der Waals surface area contributed by atoms with E-state index in [1.807, 2.05) is 36.9 Å². The van der Waals surface area contributed by atoms with Gasteiger partial charge >= 0.3 is 5.97 Å². The number of hydrogen-bond donors (Lipinski definition) is 1. The van der Waals surface area contributed by atoms with Gasteiger partial charge in [-0.3, -0.25) is 0 Å². The molecule has 0 amide bonds. The number of nitrogens with one attached hydrogen (secondary N) is 1. The third-order valence-electron chi connectivity index (χ3n) is 3.02. The van der Waals surface area contributed by atoms with Gasteiger partial charge in [0.05, 0.1) is 31.2 Å². The molecular weight excluding hydrogens is 242 g/mol. The number of anilines is 1. The highest BCUT2D eigenvalue weighted by atomic mass is 16.5.